The van der Waals surface area contributed by atoms with Crippen LogP contribution in [0.4, 0.5) is 0 Å². The van der Waals surface area contributed by atoms with Gasteiger partial charge in [-0.3, -0.25) is 9.79 Å². The van der Waals surface area contributed by atoms with E-state index in [4.69, 9.17) is 5.11 Å². The molecule has 0 fully saturated rings. The van der Waals surface area contributed by atoms with Crippen molar-refractivity contribution in [2.45, 2.75) is 27.7 Å². The lowest BCUT2D eigenvalue weighted by molar-refractivity contribution is -0.113. The van der Waals surface area contributed by atoms with Gasteiger partial charge in [0.1, 0.15) is 5.76 Å². The van der Waals surface area contributed by atoms with Crippen molar-refractivity contribution in [3.05, 3.63) is 11.3 Å². The molecule has 0 spiro atoms. The molecule has 0 aromatic carbocycles. The van der Waals surface area contributed by atoms with Gasteiger partial charge in [-0.25, -0.2) is 0 Å². The number of hydrogen-bond acceptors (Lipinski definition) is 3. The van der Waals surface area contributed by atoms with E-state index in [1.165, 1.54) is 13.8 Å². The highest BCUT2D eigenvalue weighted by atomic mass is 16.3. The molecule has 0 unspecified atom stereocenters. The fourth-order valence-electron chi connectivity index (χ4n) is 1.09. The molecule has 0 saturated heterocycles. The molecule has 3 nitrogen and oxygen atoms in total. The largest absolute Gasteiger partial charge is 0.512 e. The maximum absolute atomic E-state index is 11.0. The minimum Gasteiger partial charge on any atom is -0.512 e. The lowest BCUT2D eigenvalue weighted by atomic mass is 10.1. The van der Waals surface area contributed by atoms with Crippen LogP contribution in [0.15, 0.2) is 16.3 Å². The molecule has 68 valence electrons. The molecule has 1 N–H and O–H groups in total. The third-order valence-corrected chi connectivity index (χ3v) is 1.47. The van der Waals surface area contributed by atoms with Gasteiger partial charge in [-0.2, -0.15) is 0 Å². The number of nitrogens with zero attached hydrogens (tertiary/aromatic N) is 1. The average molecular weight is 169 g/mol. The number of aliphatic hydroxyl groups excluding tert-OH is 1. The van der Waals surface area contributed by atoms with E-state index in [9.17, 15) is 4.79 Å². The number of carbonyl (C=O) groups excluding carboxylic acids is 1. The van der Waals surface area contributed by atoms with Crippen LogP contribution in [-0.2, 0) is 4.79 Å². The van der Waals surface area contributed by atoms with Crippen molar-refractivity contribution >= 4 is 11.5 Å². The molecule has 0 radical (unpaired) electrons. The van der Waals surface area contributed by atoms with E-state index in [-0.39, 0.29) is 11.5 Å². The highest BCUT2D eigenvalue weighted by Gasteiger charge is 2.10. The number of carbonyl (C=O) groups is 1. The van der Waals surface area contributed by atoms with E-state index in [1.807, 2.05) is 6.92 Å². The minimum atomic E-state index is -0.148. The number of rotatable bonds is 3. The third kappa shape index (κ3) is 2.86. The number of allylic oxidation sites excluding steroid dienone is 2. The Hall–Kier alpha value is -1.12. The van der Waals surface area contributed by atoms with Crippen LogP contribution in [0.1, 0.15) is 27.7 Å². The summed E-state index contributed by atoms with van der Waals surface area (Å²) in [6, 6.07) is 0. The molecule has 0 aliphatic heterocycles. The van der Waals surface area contributed by atoms with E-state index >= 15 is 0 Å². The summed E-state index contributed by atoms with van der Waals surface area (Å²) in [5.74, 6) is -0.109. The molecule has 0 atom stereocenters. The molecule has 0 saturated carbocycles. The smallest absolute Gasteiger partial charge is 0.164 e. The topological polar surface area (TPSA) is 49.7 Å². The van der Waals surface area contributed by atoms with Gasteiger partial charge in [0.05, 0.1) is 5.57 Å². The predicted octanol–water partition coefficient (Wildman–Crippen LogP) is 1.89. The highest BCUT2D eigenvalue weighted by Crippen LogP contribution is 2.05. The van der Waals surface area contributed by atoms with Gasteiger partial charge in [0.15, 0.2) is 5.78 Å². The molecule has 12 heavy (non-hydrogen) atoms. The summed E-state index contributed by atoms with van der Waals surface area (Å²) >= 11 is 0. The molecule has 0 aliphatic carbocycles. The van der Waals surface area contributed by atoms with E-state index in [0.717, 1.165) is 0 Å². The van der Waals surface area contributed by atoms with Crippen LogP contribution in [0.25, 0.3) is 0 Å². The molecule has 0 rings (SSSR count). The van der Waals surface area contributed by atoms with Crippen LogP contribution in [0, 0.1) is 0 Å². The monoisotopic (exact) mass is 169 g/mol. The molecular formula is C9H15NO2. The first kappa shape index (κ1) is 10.9. The second-order valence-corrected chi connectivity index (χ2v) is 2.58. The van der Waals surface area contributed by atoms with Gasteiger partial charge in [0.2, 0.25) is 0 Å². The van der Waals surface area contributed by atoms with Crippen LogP contribution in [0.5, 0.6) is 0 Å². The summed E-state index contributed by atoms with van der Waals surface area (Å²) in [6.07, 6.45) is 0. The molecular weight excluding hydrogens is 154 g/mol. The standard InChI is InChI=1S/C9H15NO2/c1-5-10-6(2)9(7(3)11)8(4)12/h11H,5H2,1-4H3/b9-7+,10-6?. The Balaban J connectivity index is 4.92. The van der Waals surface area contributed by atoms with Gasteiger partial charge in [0.25, 0.3) is 0 Å². The average Bonchev–Trinajstić information content (AvgIpc) is 1.85. The second kappa shape index (κ2) is 4.70. The van der Waals surface area contributed by atoms with Crippen LogP contribution < -0.4 is 0 Å². The summed E-state index contributed by atoms with van der Waals surface area (Å²) in [4.78, 5) is 15.0. The van der Waals surface area contributed by atoms with Gasteiger partial charge in [-0.1, -0.05) is 0 Å². The zero-order chi connectivity index (χ0) is 9.72. The van der Waals surface area contributed by atoms with Crippen molar-refractivity contribution < 1.29 is 9.90 Å². The van der Waals surface area contributed by atoms with E-state index in [1.54, 1.807) is 6.92 Å². The van der Waals surface area contributed by atoms with E-state index in [0.29, 0.717) is 17.8 Å². The van der Waals surface area contributed by atoms with Gasteiger partial charge >= 0.3 is 0 Å². The molecule has 3 heteroatoms. The van der Waals surface area contributed by atoms with E-state index < -0.39 is 0 Å². The Bertz CT molecular complexity index is 235. The first-order valence-corrected chi connectivity index (χ1v) is 3.92. The fourth-order valence-corrected chi connectivity index (χ4v) is 1.09. The number of aliphatic imine (C=N–C) groups is 1. The predicted molar refractivity (Wildman–Crippen MR) is 49.7 cm³/mol. The molecule has 0 bridgehead atoms. The number of ketones is 1. The molecule has 0 heterocycles. The van der Waals surface area contributed by atoms with Crippen molar-refractivity contribution in [1.29, 1.82) is 0 Å². The van der Waals surface area contributed by atoms with Gasteiger partial charge < -0.3 is 5.11 Å². The number of hydrogen-bond donors (Lipinski definition) is 1. The normalized spacial score (nSPS) is 14.2. The minimum absolute atomic E-state index is 0.0391. The Morgan fingerprint density at radius 2 is 1.83 bits per heavy atom. The maximum atomic E-state index is 11.0. The Labute approximate surface area is 72.8 Å². The zero-order valence-electron chi connectivity index (χ0n) is 8.01. The molecule has 0 aromatic rings. The van der Waals surface area contributed by atoms with Crippen LogP contribution in [0.3, 0.4) is 0 Å². The third-order valence-electron chi connectivity index (χ3n) is 1.47. The summed E-state index contributed by atoms with van der Waals surface area (Å²) in [5, 5.41) is 9.16. The van der Waals surface area contributed by atoms with Crippen LogP contribution in [0.2, 0.25) is 0 Å². The number of Topliss-reactive ketones (excluding diaryl/α,β-unsaturated/α-hetero) is 1. The Morgan fingerprint density at radius 1 is 1.33 bits per heavy atom. The van der Waals surface area contributed by atoms with Crippen molar-refractivity contribution in [3.63, 3.8) is 0 Å². The van der Waals surface area contributed by atoms with Crippen molar-refractivity contribution in [3.8, 4) is 0 Å². The molecule has 0 amide bonds. The first-order valence-electron chi connectivity index (χ1n) is 3.92. The maximum Gasteiger partial charge on any atom is 0.164 e. The van der Waals surface area contributed by atoms with Crippen molar-refractivity contribution in [1.82, 2.24) is 0 Å². The molecule has 0 aliphatic rings. The molecule has 0 aromatic heterocycles. The van der Waals surface area contributed by atoms with Gasteiger partial charge in [-0.15, -0.1) is 0 Å². The quantitative estimate of drug-likeness (QED) is 0.398. The lowest BCUT2D eigenvalue weighted by Crippen LogP contribution is -2.09. The summed E-state index contributed by atoms with van der Waals surface area (Å²) in [5.41, 5.74) is 0.932. The lowest BCUT2D eigenvalue weighted by Gasteiger charge is -2.03. The summed E-state index contributed by atoms with van der Waals surface area (Å²) < 4.78 is 0. The van der Waals surface area contributed by atoms with Crippen molar-refractivity contribution in [2.75, 3.05) is 6.54 Å². The second-order valence-electron chi connectivity index (χ2n) is 2.58. The highest BCUT2D eigenvalue weighted by molar-refractivity contribution is 6.21. The first-order chi connectivity index (χ1) is 5.50. The van der Waals surface area contributed by atoms with Crippen LogP contribution >= 0.6 is 0 Å². The number of aliphatic hydroxyl groups is 1. The Morgan fingerprint density at radius 3 is 2.08 bits per heavy atom. The van der Waals surface area contributed by atoms with Gasteiger partial charge in [-0.05, 0) is 27.7 Å². The SMILES string of the molecule is CCN=C(C)/C(C(C)=O)=C(/C)O. The van der Waals surface area contributed by atoms with E-state index in [2.05, 4.69) is 4.99 Å². The van der Waals surface area contributed by atoms with Gasteiger partial charge in [0, 0.05) is 12.3 Å². The van der Waals surface area contributed by atoms with Crippen LogP contribution in [-0.4, -0.2) is 23.1 Å². The Kier molecular flexibility index (Phi) is 4.26. The van der Waals surface area contributed by atoms with Crippen molar-refractivity contribution in [2.24, 2.45) is 4.99 Å². The summed E-state index contributed by atoms with van der Waals surface area (Å²) in [6.45, 7) is 7.14. The zero-order valence-corrected chi connectivity index (χ0v) is 8.01. The summed E-state index contributed by atoms with van der Waals surface area (Å²) in [7, 11) is 0. The fraction of sp³-hybridized carbons (Fsp3) is 0.556.